The van der Waals surface area contributed by atoms with Gasteiger partial charge in [-0.1, -0.05) is 6.07 Å². The van der Waals surface area contributed by atoms with Crippen LogP contribution in [-0.2, 0) is 0 Å². The molecule has 5 rings (SSSR count). The van der Waals surface area contributed by atoms with Crippen LogP contribution in [0.1, 0.15) is 35.4 Å². The molecule has 0 unspecified atom stereocenters. The van der Waals surface area contributed by atoms with Crippen LogP contribution in [0.15, 0.2) is 42.7 Å². The molecule has 3 aromatic heterocycles. The summed E-state index contributed by atoms with van der Waals surface area (Å²) in [6.45, 7) is 7.09. The van der Waals surface area contributed by atoms with Crippen molar-refractivity contribution >= 4 is 23.1 Å². The number of amides is 1. The molecule has 7 nitrogen and oxygen atoms in total. The number of aromatic nitrogens is 3. The van der Waals surface area contributed by atoms with Gasteiger partial charge >= 0.3 is 0 Å². The molecule has 0 atom stereocenters. The second kappa shape index (κ2) is 7.97. The Bertz CT molecular complexity index is 1010. The highest BCUT2D eigenvalue weighted by Gasteiger charge is 2.24. The van der Waals surface area contributed by atoms with Gasteiger partial charge in [-0.15, -0.1) is 0 Å². The van der Waals surface area contributed by atoms with E-state index in [9.17, 15) is 4.79 Å². The number of pyridine rings is 1. The van der Waals surface area contributed by atoms with Crippen LogP contribution in [-0.4, -0.2) is 64.4 Å². The Morgan fingerprint density at radius 2 is 1.57 bits per heavy atom. The first-order valence-corrected chi connectivity index (χ1v) is 10.9. The summed E-state index contributed by atoms with van der Waals surface area (Å²) in [5.74, 6) is 2.93. The van der Waals surface area contributed by atoms with E-state index in [2.05, 4.69) is 20.9 Å². The maximum atomic E-state index is 13.0. The monoisotopic (exact) mass is 404 g/mol. The number of carbonyl (C=O) groups excluding carboxylic acids is 1. The van der Waals surface area contributed by atoms with E-state index < -0.39 is 0 Å². The van der Waals surface area contributed by atoms with Gasteiger partial charge in [0.15, 0.2) is 0 Å². The van der Waals surface area contributed by atoms with Gasteiger partial charge < -0.3 is 19.1 Å². The topological polar surface area (TPSA) is 57.0 Å². The van der Waals surface area contributed by atoms with Crippen LogP contribution in [0, 0.1) is 6.92 Å². The van der Waals surface area contributed by atoms with Crippen molar-refractivity contribution in [1.82, 2.24) is 19.3 Å². The lowest BCUT2D eigenvalue weighted by molar-refractivity contribution is 0.0746. The standard InChI is InChI=1S/C23H28N6O/c1-18-24-21(26-8-4-2-5-9-26)16-22(25-18)27-11-13-28(14-12-27)23(30)19-15-20-7-3-6-10-29(20)17-19/h3,6-7,10,15-17H,2,4-5,8-9,11-14H2,1H3. The van der Waals surface area contributed by atoms with E-state index in [0.29, 0.717) is 13.1 Å². The van der Waals surface area contributed by atoms with Gasteiger partial charge in [0, 0.05) is 63.2 Å². The largest absolute Gasteiger partial charge is 0.356 e. The summed E-state index contributed by atoms with van der Waals surface area (Å²) in [6, 6.07) is 10.1. The SMILES string of the molecule is Cc1nc(N2CCCCC2)cc(N2CCN(C(=O)c3cc4ccccn4c3)CC2)n1. The van der Waals surface area contributed by atoms with Crippen molar-refractivity contribution in [3.05, 3.63) is 54.1 Å². The van der Waals surface area contributed by atoms with Gasteiger partial charge in [-0.2, -0.15) is 0 Å². The molecule has 0 N–H and O–H groups in total. The zero-order chi connectivity index (χ0) is 20.5. The number of rotatable bonds is 3. The molecule has 2 aliphatic heterocycles. The zero-order valence-electron chi connectivity index (χ0n) is 17.5. The van der Waals surface area contributed by atoms with Crippen molar-refractivity contribution in [2.75, 3.05) is 49.1 Å². The van der Waals surface area contributed by atoms with Crippen molar-refractivity contribution in [3.63, 3.8) is 0 Å². The molecule has 156 valence electrons. The van der Waals surface area contributed by atoms with E-state index >= 15 is 0 Å². The number of piperidine rings is 1. The third-order valence-electron chi connectivity index (χ3n) is 6.13. The Kier molecular flexibility index (Phi) is 5.02. The van der Waals surface area contributed by atoms with Crippen molar-refractivity contribution < 1.29 is 4.79 Å². The molecule has 0 saturated carbocycles. The normalized spacial score (nSPS) is 17.6. The minimum absolute atomic E-state index is 0.103. The minimum atomic E-state index is 0.103. The summed E-state index contributed by atoms with van der Waals surface area (Å²) in [5, 5.41) is 0. The molecule has 0 aromatic carbocycles. The number of anilines is 2. The van der Waals surface area contributed by atoms with Gasteiger partial charge in [-0.05, 0) is 44.4 Å². The fraction of sp³-hybridized carbons (Fsp3) is 0.435. The molecule has 0 spiro atoms. The minimum Gasteiger partial charge on any atom is -0.356 e. The maximum Gasteiger partial charge on any atom is 0.255 e. The zero-order valence-corrected chi connectivity index (χ0v) is 17.5. The van der Waals surface area contributed by atoms with Crippen LogP contribution < -0.4 is 9.80 Å². The highest BCUT2D eigenvalue weighted by atomic mass is 16.2. The van der Waals surface area contributed by atoms with E-state index in [1.807, 2.05) is 52.9 Å². The van der Waals surface area contributed by atoms with Crippen molar-refractivity contribution in [2.45, 2.75) is 26.2 Å². The lowest BCUT2D eigenvalue weighted by atomic mass is 10.1. The van der Waals surface area contributed by atoms with Gasteiger partial charge in [-0.25, -0.2) is 9.97 Å². The maximum absolute atomic E-state index is 13.0. The van der Waals surface area contributed by atoms with Gasteiger partial charge in [0.1, 0.15) is 17.5 Å². The number of carbonyl (C=O) groups is 1. The predicted molar refractivity (Wildman–Crippen MR) is 118 cm³/mol. The number of piperazine rings is 1. The van der Waals surface area contributed by atoms with E-state index in [4.69, 9.17) is 4.98 Å². The Labute approximate surface area is 176 Å². The highest BCUT2D eigenvalue weighted by molar-refractivity contribution is 5.95. The van der Waals surface area contributed by atoms with E-state index in [1.54, 1.807) is 0 Å². The molecular weight excluding hydrogens is 376 g/mol. The molecule has 2 aliphatic rings. The summed E-state index contributed by atoms with van der Waals surface area (Å²) in [7, 11) is 0. The van der Waals surface area contributed by atoms with Crippen LogP contribution in [0.5, 0.6) is 0 Å². The first kappa shape index (κ1) is 18.9. The second-order valence-corrected chi connectivity index (χ2v) is 8.22. The summed E-state index contributed by atoms with van der Waals surface area (Å²) < 4.78 is 2.00. The van der Waals surface area contributed by atoms with Crippen LogP contribution >= 0.6 is 0 Å². The summed E-state index contributed by atoms with van der Waals surface area (Å²) >= 11 is 0. The van der Waals surface area contributed by atoms with Crippen molar-refractivity contribution in [2.24, 2.45) is 0 Å². The summed E-state index contributed by atoms with van der Waals surface area (Å²) in [5.41, 5.74) is 1.79. The fourth-order valence-corrected chi connectivity index (χ4v) is 4.48. The number of hydrogen-bond donors (Lipinski definition) is 0. The lowest BCUT2D eigenvalue weighted by Crippen LogP contribution is -2.49. The third kappa shape index (κ3) is 3.72. The number of aryl methyl sites for hydroxylation is 1. The molecule has 30 heavy (non-hydrogen) atoms. The molecule has 2 saturated heterocycles. The fourth-order valence-electron chi connectivity index (χ4n) is 4.48. The molecule has 0 aliphatic carbocycles. The predicted octanol–water partition coefficient (Wildman–Crippen LogP) is 2.99. The van der Waals surface area contributed by atoms with Crippen LogP contribution in [0.4, 0.5) is 11.6 Å². The quantitative estimate of drug-likeness (QED) is 0.672. The molecule has 0 radical (unpaired) electrons. The van der Waals surface area contributed by atoms with E-state index in [0.717, 1.165) is 54.7 Å². The number of nitrogens with zero attached hydrogens (tertiary/aromatic N) is 6. The van der Waals surface area contributed by atoms with Gasteiger partial charge in [0.2, 0.25) is 0 Å². The average Bonchev–Trinajstić information content (AvgIpc) is 3.23. The van der Waals surface area contributed by atoms with Gasteiger partial charge in [-0.3, -0.25) is 4.79 Å². The molecule has 7 heteroatoms. The number of fused-ring (bicyclic) bond motifs is 1. The van der Waals surface area contributed by atoms with Crippen LogP contribution in [0.25, 0.3) is 5.52 Å². The first-order valence-electron chi connectivity index (χ1n) is 10.9. The Morgan fingerprint density at radius 1 is 0.867 bits per heavy atom. The Hall–Kier alpha value is -3.09. The molecule has 0 bridgehead atoms. The van der Waals surface area contributed by atoms with Gasteiger partial charge in [0.05, 0.1) is 5.56 Å². The highest BCUT2D eigenvalue weighted by Crippen LogP contribution is 2.23. The second-order valence-electron chi connectivity index (χ2n) is 8.22. The Balaban J connectivity index is 1.27. The van der Waals surface area contributed by atoms with E-state index in [-0.39, 0.29) is 5.91 Å². The third-order valence-corrected chi connectivity index (χ3v) is 6.13. The lowest BCUT2D eigenvalue weighted by Gasteiger charge is -2.36. The molecular formula is C23H28N6O. The summed E-state index contributed by atoms with van der Waals surface area (Å²) in [6.07, 6.45) is 7.66. The molecule has 5 heterocycles. The van der Waals surface area contributed by atoms with E-state index in [1.165, 1.54) is 19.3 Å². The van der Waals surface area contributed by atoms with Gasteiger partial charge in [0.25, 0.3) is 5.91 Å². The van der Waals surface area contributed by atoms with Crippen LogP contribution in [0.2, 0.25) is 0 Å². The smallest absolute Gasteiger partial charge is 0.255 e. The first-order chi connectivity index (χ1) is 14.7. The van der Waals surface area contributed by atoms with Crippen molar-refractivity contribution in [3.8, 4) is 0 Å². The average molecular weight is 405 g/mol. The van der Waals surface area contributed by atoms with Crippen LogP contribution in [0.3, 0.4) is 0 Å². The molecule has 2 fully saturated rings. The number of hydrogen-bond acceptors (Lipinski definition) is 5. The summed E-state index contributed by atoms with van der Waals surface area (Å²) in [4.78, 5) is 29.0. The molecule has 3 aromatic rings. The molecule has 1 amide bonds. The van der Waals surface area contributed by atoms with Crippen molar-refractivity contribution in [1.29, 1.82) is 0 Å². The Morgan fingerprint density at radius 3 is 2.27 bits per heavy atom.